The lowest BCUT2D eigenvalue weighted by Gasteiger charge is -2.37. The summed E-state index contributed by atoms with van der Waals surface area (Å²) in [6.07, 6.45) is 6.93. The molecule has 10 nitrogen and oxygen atoms in total. The first-order valence-electron chi connectivity index (χ1n) is 14.1. The van der Waals surface area contributed by atoms with Crippen LogP contribution in [0.1, 0.15) is 56.6 Å². The number of carbonyl (C=O) groups excluding carboxylic acids is 3. The Morgan fingerprint density at radius 3 is 2.59 bits per heavy atom. The quantitative estimate of drug-likeness (QED) is 0.391. The third kappa shape index (κ3) is 7.08. The molecule has 0 aliphatic carbocycles. The lowest BCUT2D eigenvalue weighted by atomic mass is 9.85. The van der Waals surface area contributed by atoms with Crippen molar-refractivity contribution in [3.63, 3.8) is 0 Å². The number of benzene rings is 1. The molecule has 1 fully saturated rings. The summed E-state index contributed by atoms with van der Waals surface area (Å²) in [5, 5.41) is 5.87. The Balaban J connectivity index is 1.58. The highest BCUT2D eigenvalue weighted by molar-refractivity contribution is 5.93. The molecule has 1 aliphatic heterocycles. The number of hydrogen-bond acceptors (Lipinski definition) is 6. The monoisotopic (exact) mass is 565 g/mol. The van der Waals surface area contributed by atoms with Crippen molar-refractivity contribution >= 4 is 23.5 Å². The summed E-state index contributed by atoms with van der Waals surface area (Å²) in [5.41, 5.74) is 0.760. The molecule has 11 heteroatoms. The van der Waals surface area contributed by atoms with Crippen LogP contribution in [0.3, 0.4) is 0 Å². The molecule has 3 aromatic rings. The van der Waals surface area contributed by atoms with Gasteiger partial charge in [0.2, 0.25) is 17.6 Å². The molecule has 4 rings (SSSR count). The molecule has 2 aromatic heterocycles. The van der Waals surface area contributed by atoms with Crippen molar-refractivity contribution in [2.45, 2.75) is 65.1 Å². The molecule has 0 radical (unpaired) electrons. The van der Waals surface area contributed by atoms with Gasteiger partial charge < -0.3 is 20.4 Å². The zero-order chi connectivity index (χ0) is 29.7. The van der Waals surface area contributed by atoms with Crippen LogP contribution >= 0.6 is 0 Å². The number of amides is 3. The van der Waals surface area contributed by atoms with Crippen LogP contribution in [-0.4, -0.2) is 86.7 Å². The van der Waals surface area contributed by atoms with E-state index in [0.29, 0.717) is 37.5 Å². The van der Waals surface area contributed by atoms with Gasteiger partial charge in [0, 0.05) is 38.1 Å². The second kappa shape index (κ2) is 12.8. The second-order valence-corrected chi connectivity index (χ2v) is 11.7. The van der Waals surface area contributed by atoms with Gasteiger partial charge >= 0.3 is 0 Å². The maximum Gasteiger partial charge on any atom is 0.272 e. The van der Waals surface area contributed by atoms with Gasteiger partial charge in [0.1, 0.15) is 17.6 Å². The van der Waals surface area contributed by atoms with Crippen LogP contribution in [0.4, 0.5) is 4.39 Å². The zero-order valence-electron chi connectivity index (χ0n) is 24.4. The van der Waals surface area contributed by atoms with Crippen molar-refractivity contribution in [3.8, 4) is 0 Å². The van der Waals surface area contributed by atoms with Crippen molar-refractivity contribution in [1.82, 2.24) is 34.8 Å². The SMILES string of the molecule is CN[C@@H](C)C(=O)N[C@H](C(=O)N1CCCC1CN(CCc1ccc(F)cc1)C(=O)c1cnc2ncccn12)C(C)(C)C. The largest absolute Gasteiger partial charge is 0.342 e. The number of hydrogen-bond donors (Lipinski definition) is 2. The number of likely N-dealkylation sites (N-methyl/N-ethyl adjacent to an activating group) is 1. The lowest BCUT2D eigenvalue weighted by Crippen LogP contribution is -2.59. The highest BCUT2D eigenvalue weighted by Gasteiger charge is 2.41. The molecule has 3 heterocycles. The summed E-state index contributed by atoms with van der Waals surface area (Å²) in [7, 11) is 1.70. The number of nitrogens with zero attached hydrogens (tertiary/aromatic N) is 5. The second-order valence-electron chi connectivity index (χ2n) is 11.7. The van der Waals surface area contributed by atoms with Crippen LogP contribution in [0.15, 0.2) is 48.9 Å². The van der Waals surface area contributed by atoms with Gasteiger partial charge in [-0.15, -0.1) is 0 Å². The molecule has 0 spiro atoms. The van der Waals surface area contributed by atoms with E-state index in [2.05, 4.69) is 20.6 Å². The molecule has 2 N–H and O–H groups in total. The molecule has 41 heavy (non-hydrogen) atoms. The van der Waals surface area contributed by atoms with E-state index in [1.54, 1.807) is 53.9 Å². The molecule has 1 aliphatic rings. The van der Waals surface area contributed by atoms with Gasteiger partial charge in [-0.25, -0.2) is 14.4 Å². The fraction of sp³-hybridized carbons (Fsp3) is 0.500. The van der Waals surface area contributed by atoms with Crippen molar-refractivity contribution in [2.75, 3.05) is 26.7 Å². The Morgan fingerprint density at radius 1 is 1.17 bits per heavy atom. The normalized spacial score (nSPS) is 16.9. The van der Waals surface area contributed by atoms with Gasteiger partial charge in [-0.3, -0.25) is 18.8 Å². The number of aromatic nitrogens is 3. The van der Waals surface area contributed by atoms with Crippen LogP contribution < -0.4 is 10.6 Å². The van der Waals surface area contributed by atoms with Crippen molar-refractivity contribution in [1.29, 1.82) is 0 Å². The Kier molecular flexibility index (Phi) is 9.37. The van der Waals surface area contributed by atoms with Crippen molar-refractivity contribution in [3.05, 3.63) is 66.0 Å². The lowest BCUT2D eigenvalue weighted by molar-refractivity contribution is -0.140. The summed E-state index contributed by atoms with van der Waals surface area (Å²) >= 11 is 0. The van der Waals surface area contributed by atoms with Gasteiger partial charge in [0.25, 0.3) is 5.91 Å². The number of fused-ring (bicyclic) bond motifs is 1. The Morgan fingerprint density at radius 2 is 1.90 bits per heavy atom. The number of halogens is 1. The van der Waals surface area contributed by atoms with E-state index in [4.69, 9.17) is 0 Å². The molecule has 220 valence electrons. The first kappa shape index (κ1) is 30.1. The summed E-state index contributed by atoms with van der Waals surface area (Å²) in [5.74, 6) is -0.512. The molecule has 0 saturated carbocycles. The molecule has 1 unspecified atom stereocenters. The fourth-order valence-corrected chi connectivity index (χ4v) is 5.12. The van der Waals surface area contributed by atoms with Gasteiger partial charge in [-0.05, 0) is 62.4 Å². The highest BCUT2D eigenvalue weighted by Crippen LogP contribution is 2.27. The first-order chi connectivity index (χ1) is 19.5. The van der Waals surface area contributed by atoms with Crippen LogP contribution in [0.5, 0.6) is 0 Å². The van der Waals surface area contributed by atoms with Gasteiger partial charge in [-0.2, -0.15) is 0 Å². The Bertz CT molecular complexity index is 1370. The molecular formula is C30H40FN7O3. The van der Waals surface area contributed by atoms with E-state index in [9.17, 15) is 18.8 Å². The first-order valence-corrected chi connectivity index (χ1v) is 14.1. The Hall–Kier alpha value is -3.86. The van der Waals surface area contributed by atoms with Gasteiger partial charge in [-0.1, -0.05) is 32.9 Å². The van der Waals surface area contributed by atoms with Crippen LogP contribution in [-0.2, 0) is 16.0 Å². The maximum atomic E-state index is 13.9. The zero-order valence-corrected chi connectivity index (χ0v) is 24.4. The summed E-state index contributed by atoms with van der Waals surface area (Å²) in [4.78, 5) is 52.7. The number of likely N-dealkylation sites (tertiary alicyclic amines) is 1. The topological polar surface area (TPSA) is 112 Å². The summed E-state index contributed by atoms with van der Waals surface area (Å²) in [6, 6.07) is 6.59. The van der Waals surface area contributed by atoms with Gasteiger partial charge in [0.05, 0.1) is 12.2 Å². The molecule has 1 saturated heterocycles. The third-order valence-electron chi connectivity index (χ3n) is 7.70. The van der Waals surface area contributed by atoms with Crippen molar-refractivity contribution in [2.24, 2.45) is 5.41 Å². The molecule has 3 atom stereocenters. The molecule has 1 aromatic carbocycles. The van der Waals surface area contributed by atoms with E-state index in [1.165, 1.54) is 18.3 Å². The number of imidazole rings is 1. The highest BCUT2D eigenvalue weighted by atomic mass is 19.1. The number of nitrogens with one attached hydrogen (secondary N) is 2. The summed E-state index contributed by atoms with van der Waals surface area (Å²) < 4.78 is 15.1. The minimum Gasteiger partial charge on any atom is -0.342 e. The minimum absolute atomic E-state index is 0.151. The molecule has 0 bridgehead atoms. The summed E-state index contributed by atoms with van der Waals surface area (Å²) in [6.45, 7) is 8.78. The maximum absolute atomic E-state index is 13.9. The number of carbonyl (C=O) groups is 3. The predicted molar refractivity (Wildman–Crippen MR) is 154 cm³/mol. The smallest absolute Gasteiger partial charge is 0.272 e. The number of rotatable bonds is 10. The average Bonchev–Trinajstić information content (AvgIpc) is 3.60. The van der Waals surface area contributed by atoms with E-state index >= 15 is 0 Å². The molecule has 3 amide bonds. The van der Waals surface area contributed by atoms with E-state index in [0.717, 1.165) is 18.4 Å². The van der Waals surface area contributed by atoms with Crippen LogP contribution in [0, 0.1) is 11.2 Å². The van der Waals surface area contributed by atoms with Crippen LogP contribution in [0.2, 0.25) is 0 Å². The van der Waals surface area contributed by atoms with E-state index < -0.39 is 17.5 Å². The van der Waals surface area contributed by atoms with Crippen LogP contribution in [0.25, 0.3) is 5.78 Å². The fourth-order valence-electron chi connectivity index (χ4n) is 5.12. The predicted octanol–water partition coefficient (Wildman–Crippen LogP) is 2.68. The minimum atomic E-state index is -0.723. The average molecular weight is 566 g/mol. The molecular weight excluding hydrogens is 525 g/mol. The third-order valence-corrected chi connectivity index (χ3v) is 7.70. The van der Waals surface area contributed by atoms with E-state index in [-0.39, 0.29) is 29.6 Å². The standard InChI is InChI=1S/C30H40FN7O3/c1-20(32-5)26(39)35-25(30(2,3)4)28(41)37-15-6-8-23(37)19-36(17-13-21-9-11-22(31)12-10-21)27(40)24-18-34-29-33-14-7-16-38(24)29/h7,9-12,14,16,18,20,23,25,32H,6,8,13,15,17,19H2,1-5H3,(H,35,39)/t20-,23?,25+/m0/s1. The van der Waals surface area contributed by atoms with Crippen molar-refractivity contribution < 1.29 is 18.8 Å². The van der Waals surface area contributed by atoms with E-state index in [1.807, 2.05) is 25.7 Å². The van der Waals surface area contributed by atoms with Gasteiger partial charge in [0.15, 0.2) is 0 Å². The Labute approximate surface area is 240 Å².